The standard InChI is InChI=1S/C30H33FIN5O6/c1-2-36-18-24(26(20-5-3-7-22(31)15-20)21-6-4-8-23(32)16-21)37-27(29(36)39)28(25(38)17-34-37)42-19-43-30(40)33-9-10-35-11-13-41-14-12-35/h3-8,15-17,24,26H,2,9-14,18-19H2,1H3,(H,33,40)/t24-,26?/m1/s1. The molecule has 5 rings (SSSR count). The quantitative estimate of drug-likeness (QED) is 0.253. The van der Waals surface area contributed by atoms with Gasteiger partial charge in [-0.25, -0.2) is 9.18 Å². The largest absolute Gasteiger partial charge is 0.451 e. The average Bonchev–Trinajstić information content (AvgIpc) is 3.00. The van der Waals surface area contributed by atoms with E-state index in [0.717, 1.165) is 28.4 Å². The van der Waals surface area contributed by atoms with Gasteiger partial charge in [-0.05, 0) is 64.9 Å². The van der Waals surface area contributed by atoms with Crippen molar-refractivity contribution < 1.29 is 28.2 Å². The lowest BCUT2D eigenvalue weighted by Crippen LogP contribution is -2.47. The molecule has 0 saturated carbocycles. The Hall–Kier alpha value is -3.56. The monoisotopic (exact) mass is 705 g/mol. The summed E-state index contributed by atoms with van der Waals surface area (Å²) in [5.74, 6) is -1.49. The molecule has 0 spiro atoms. The lowest BCUT2D eigenvalue weighted by molar-refractivity contribution is 0.0362. The number of nitrogens with one attached hydrogen (secondary N) is 1. The average molecular weight is 706 g/mol. The summed E-state index contributed by atoms with van der Waals surface area (Å²) in [4.78, 5) is 42.6. The first-order valence-corrected chi connectivity index (χ1v) is 15.2. The second kappa shape index (κ2) is 14.3. The molecule has 13 heteroatoms. The Morgan fingerprint density at radius 3 is 2.63 bits per heavy atom. The normalized spacial score (nSPS) is 17.7. The molecule has 0 aliphatic carbocycles. The fourth-order valence-electron chi connectivity index (χ4n) is 5.46. The molecule has 1 N–H and O–H groups in total. The number of halogens is 2. The van der Waals surface area contributed by atoms with Crippen molar-refractivity contribution in [2.24, 2.45) is 0 Å². The van der Waals surface area contributed by atoms with Crippen LogP contribution in [0.15, 0.2) is 59.5 Å². The molecule has 1 aromatic heterocycles. The van der Waals surface area contributed by atoms with Crippen molar-refractivity contribution >= 4 is 34.6 Å². The molecule has 2 aliphatic heterocycles. The lowest BCUT2D eigenvalue weighted by atomic mass is 9.83. The highest BCUT2D eigenvalue weighted by Crippen LogP contribution is 2.40. The molecule has 2 amide bonds. The number of hydrogen-bond acceptors (Lipinski definition) is 8. The molecule has 11 nitrogen and oxygen atoms in total. The van der Waals surface area contributed by atoms with Crippen molar-refractivity contribution in [3.8, 4) is 5.75 Å². The summed E-state index contributed by atoms with van der Waals surface area (Å²) in [6.07, 6.45) is 0.376. The Morgan fingerprint density at radius 2 is 1.91 bits per heavy atom. The van der Waals surface area contributed by atoms with E-state index < -0.39 is 36.2 Å². The summed E-state index contributed by atoms with van der Waals surface area (Å²) in [5, 5.41) is 7.03. The number of carbonyl (C=O) groups excluding carboxylic acids is 2. The Balaban J connectivity index is 1.40. The number of likely N-dealkylation sites (N-methyl/N-ethyl adjacent to an activating group) is 1. The van der Waals surface area contributed by atoms with Gasteiger partial charge < -0.3 is 24.4 Å². The Labute approximate surface area is 262 Å². The molecular formula is C30H33FIN5O6. The number of ether oxygens (including phenoxy) is 3. The van der Waals surface area contributed by atoms with Gasteiger partial charge in [-0.1, -0.05) is 24.3 Å². The van der Waals surface area contributed by atoms with Gasteiger partial charge in [0.1, 0.15) is 5.82 Å². The second-order valence-corrected chi connectivity index (χ2v) is 11.5. The highest BCUT2D eigenvalue weighted by atomic mass is 127. The van der Waals surface area contributed by atoms with Crippen LogP contribution < -0.4 is 15.5 Å². The van der Waals surface area contributed by atoms with E-state index in [0.29, 0.717) is 38.4 Å². The maximum absolute atomic E-state index is 14.5. The van der Waals surface area contributed by atoms with Crippen molar-refractivity contribution in [3.63, 3.8) is 0 Å². The first kappa shape index (κ1) is 30.9. The van der Waals surface area contributed by atoms with Crippen LogP contribution in [-0.2, 0) is 9.47 Å². The van der Waals surface area contributed by atoms with Crippen LogP contribution in [0.5, 0.6) is 5.75 Å². The minimum atomic E-state index is -0.708. The van der Waals surface area contributed by atoms with Gasteiger partial charge in [-0.3, -0.25) is 19.2 Å². The third-order valence-corrected chi connectivity index (χ3v) is 8.23. The summed E-state index contributed by atoms with van der Waals surface area (Å²) in [5.41, 5.74) is 0.931. The SMILES string of the molecule is CCN1C[C@H](C(c2cccc(F)c2)c2cccc(I)c2)n2ncc(=O)c(OCOC(=O)NCCN3CCOCC3)c2C1=O. The molecule has 2 aliphatic rings. The van der Waals surface area contributed by atoms with Crippen LogP contribution in [0.4, 0.5) is 9.18 Å². The third kappa shape index (κ3) is 7.33. The van der Waals surface area contributed by atoms with E-state index in [9.17, 15) is 18.8 Å². The minimum Gasteiger partial charge on any atom is -0.451 e. The van der Waals surface area contributed by atoms with Crippen LogP contribution in [0.3, 0.4) is 0 Å². The Bertz CT molecular complexity index is 1470. The van der Waals surface area contributed by atoms with E-state index in [1.54, 1.807) is 11.0 Å². The zero-order valence-electron chi connectivity index (χ0n) is 23.7. The first-order chi connectivity index (χ1) is 20.9. The van der Waals surface area contributed by atoms with Crippen molar-refractivity contribution in [2.45, 2.75) is 18.9 Å². The van der Waals surface area contributed by atoms with Gasteiger partial charge in [0.15, 0.2) is 5.69 Å². The molecule has 1 unspecified atom stereocenters. The summed E-state index contributed by atoms with van der Waals surface area (Å²) < 4.78 is 33.1. The van der Waals surface area contributed by atoms with Gasteiger partial charge in [0, 0.05) is 48.8 Å². The van der Waals surface area contributed by atoms with Gasteiger partial charge >= 0.3 is 6.09 Å². The van der Waals surface area contributed by atoms with E-state index in [1.807, 2.05) is 37.3 Å². The first-order valence-electron chi connectivity index (χ1n) is 14.1. The maximum atomic E-state index is 14.5. The summed E-state index contributed by atoms with van der Waals surface area (Å²) in [6, 6.07) is 13.7. The summed E-state index contributed by atoms with van der Waals surface area (Å²) >= 11 is 2.22. The lowest BCUT2D eigenvalue weighted by Gasteiger charge is -2.39. The number of rotatable bonds is 10. The molecule has 228 valence electrons. The van der Waals surface area contributed by atoms with Crippen LogP contribution in [-0.4, -0.2) is 90.9 Å². The number of nitrogens with zero attached hydrogens (tertiary/aromatic N) is 4. The van der Waals surface area contributed by atoms with Gasteiger partial charge in [0.2, 0.25) is 18.0 Å². The molecule has 3 heterocycles. The van der Waals surface area contributed by atoms with Crippen molar-refractivity contribution in [1.29, 1.82) is 0 Å². The fraction of sp³-hybridized carbons (Fsp3) is 0.400. The number of alkyl carbamates (subject to hydrolysis) is 1. The van der Waals surface area contributed by atoms with E-state index in [4.69, 9.17) is 14.2 Å². The predicted molar refractivity (Wildman–Crippen MR) is 164 cm³/mol. The summed E-state index contributed by atoms with van der Waals surface area (Å²) in [7, 11) is 0. The number of benzene rings is 2. The number of amides is 2. The molecule has 2 aromatic carbocycles. The molecular weight excluding hydrogens is 672 g/mol. The van der Waals surface area contributed by atoms with Crippen LogP contribution in [0.1, 0.15) is 40.5 Å². The molecule has 3 aromatic rings. The maximum Gasteiger partial charge on any atom is 0.410 e. The smallest absolute Gasteiger partial charge is 0.410 e. The second-order valence-electron chi connectivity index (χ2n) is 10.2. The van der Waals surface area contributed by atoms with E-state index in [1.165, 1.54) is 16.8 Å². The highest BCUT2D eigenvalue weighted by molar-refractivity contribution is 14.1. The van der Waals surface area contributed by atoms with Crippen LogP contribution >= 0.6 is 22.6 Å². The summed E-state index contributed by atoms with van der Waals surface area (Å²) in [6.45, 7) is 5.82. The number of fused-ring (bicyclic) bond motifs is 1. The minimum absolute atomic E-state index is 0.0473. The number of carbonyl (C=O) groups is 2. The van der Waals surface area contributed by atoms with Gasteiger partial charge in [0.05, 0.1) is 25.5 Å². The van der Waals surface area contributed by atoms with E-state index in [-0.39, 0.29) is 23.8 Å². The predicted octanol–water partition coefficient (Wildman–Crippen LogP) is 3.23. The topological polar surface area (TPSA) is 115 Å². The van der Waals surface area contributed by atoms with E-state index >= 15 is 0 Å². The molecule has 0 bridgehead atoms. The number of hydrogen-bond donors (Lipinski definition) is 1. The molecule has 2 atom stereocenters. The zero-order chi connectivity index (χ0) is 30.3. The fourth-order valence-corrected chi connectivity index (χ4v) is 6.03. The van der Waals surface area contributed by atoms with Crippen LogP contribution in [0, 0.1) is 9.39 Å². The molecule has 43 heavy (non-hydrogen) atoms. The number of aromatic nitrogens is 2. The van der Waals surface area contributed by atoms with Gasteiger partial charge in [-0.15, -0.1) is 0 Å². The van der Waals surface area contributed by atoms with Crippen molar-refractivity contribution in [2.75, 3.05) is 59.3 Å². The van der Waals surface area contributed by atoms with Crippen LogP contribution in [0.25, 0.3) is 0 Å². The number of morpholine rings is 1. The van der Waals surface area contributed by atoms with Crippen LogP contribution in [0.2, 0.25) is 0 Å². The zero-order valence-corrected chi connectivity index (χ0v) is 25.9. The Kier molecular flexibility index (Phi) is 10.3. The molecule has 1 fully saturated rings. The van der Waals surface area contributed by atoms with Crippen molar-refractivity contribution in [1.82, 2.24) is 24.9 Å². The van der Waals surface area contributed by atoms with Crippen molar-refractivity contribution in [3.05, 3.63) is 91.2 Å². The molecule has 0 radical (unpaired) electrons. The van der Waals surface area contributed by atoms with Gasteiger partial charge in [-0.2, -0.15) is 5.10 Å². The van der Waals surface area contributed by atoms with E-state index in [2.05, 4.69) is 37.9 Å². The third-order valence-electron chi connectivity index (χ3n) is 7.56. The highest BCUT2D eigenvalue weighted by Gasteiger charge is 2.39. The molecule has 1 saturated heterocycles. The van der Waals surface area contributed by atoms with Gasteiger partial charge in [0.25, 0.3) is 5.91 Å². The Morgan fingerprint density at radius 1 is 1.16 bits per heavy atom.